The van der Waals surface area contributed by atoms with E-state index in [0.717, 1.165) is 4.90 Å². The van der Waals surface area contributed by atoms with Crippen LogP contribution in [0.4, 0.5) is 4.79 Å². The Hall–Kier alpha value is -1.97. The lowest BCUT2D eigenvalue weighted by Crippen LogP contribution is -2.55. The summed E-state index contributed by atoms with van der Waals surface area (Å²) in [6.07, 6.45) is 0.790. The van der Waals surface area contributed by atoms with Gasteiger partial charge in [-0.05, 0) is 25.7 Å². The minimum Gasteiger partial charge on any atom is -0.309 e. The smallest absolute Gasteiger partial charge is 0.309 e. The van der Waals surface area contributed by atoms with Crippen molar-refractivity contribution in [3.8, 4) is 0 Å². The molecule has 0 aliphatic carbocycles. The average Bonchev–Trinajstić information content (AvgIpc) is 2.83. The molecule has 0 radical (unpaired) electrons. The molecule has 0 aromatic rings. The van der Waals surface area contributed by atoms with Gasteiger partial charge in [0.25, 0.3) is 5.91 Å². The van der Waals surface area contributed by atoms with Gasteiger partial charge in [0.2, 0.25) is 5.91 Å². The second-order valence-corrected chi connectivity index (χ2v) is 10.2. The summed E-state index contributed by atoms with van der Waals surface area (Å²) in [6, 6.07) is -2.47. The topological polar surface area (TPSA) is 179 Å². The maximum Gasteiger partial charge on any atom is 0.418 e. The number of nitrogens with one attached hydrogen (secondary N) is 2. The Bertz CT molecular complexity index is 874. The van der Waals surface area contributed by atoms with Crippen LogP contribution >= 0.6 is 0 Å². The van der Waals surface area contributed by atoms with E-state index in [0.29, 0.717) is 5.06 Å². The van der Waals surface area contributed by atoms with Crippen LogP contribution in [0.5, 0.6) is 0 Å². The Kier molecular flexibility index (Phi) is 5.53. The first kappa shape index (κ1) is 20.8. The Labute approximate surface area is 161 Å². The number of hydrazine groups is 1. The number of hydrogen-bond donors (Lipinski definition) is 3. The van der Waals surface area contributed by atoms with Gasteiger partial charge in [0, 0.05) is 12.5 Å². The zero-order valence-corrected chi connectivity index (χ0v) is 16.2. The SMILES string of the molecule is O=C(NNC(=O)[C@H]1CC[C@H]2CN1C(=O)N2OS(=O)(=O)O)C1CCS(=O)(=O)CC1. The molecular weight excluding hydrogens is 420 g/mol. The number of amides is 4. The Balaban J connectivity index is 1.54. The molecule has 3 fully saturated rings. The number of sulfone groups is 1. The summed E-state index contributed by atoms with van der Waals surface area (Å²) in [7, 11) is -8.00. The van der Waals surface area contributed by atoms with Gasteiger partial charge < -0.3 is 4.90 Å². The van der Waals surface area contributed by atoms with E-state index in [1.54, 1.807) is 0 Å². The molecule has 15 heteroatoms. The predicted octanol–water partition coefficient (Wildman–Crippen LogP) is -2.04. The summed E-state index contributed by atoms with van der Waals surface area (Å²) in [5.41, 5.74) is 4.48. The van der Waals surface area contributed by atoms with Crippen molar-refractivity contribution < 1.29 is 40.1 Å². The molecule has 3 N–H and O–H groups in total. The molecule has 0 aromatic heterocycles. The molecular formula is C13H20N4O9S2. The number of carbonyl (C=O) groups excluding carboxylic acids is 3. The second kappa shape index (κ2) is 7.46. The first-order chi connectivity index (χ1) is 13.0. The first-order valence-corrected chi connectivity index (χ1v) is 11.7. The number of nitrogens with zero attached hydrogens (tertiary/aromatic N) is 2. The number of carbonyl (C=O) groups is 3. The highest BCUT2D eigenvalue weighted by Crippen LogP contribution is 2.30. The quantitative estimate of drug-likeness (QED) is 0.328. The van der Waals surface area contributed by atoms with E-state index in [1.807, 2.05) is 0 Å². The molecule has 3 aliphatic heterocycles. The fourth-order valence-electron chi connectivity index (χ4n) is 3.56. The van der Waals surface area contributed by atoms with Crippen LogP contribution in [0.1, 0.15) is 25.7 Å². The van der Waals surface area contributed by atoms with Gasteiger partial charge in [-0.2, -0.15) is 13.5 Å². The maximum absolute atomic E-state index is 12.4. The van der Waals surface area contributed by atoms with Crippen molar-refractivity contribution in [2.24, 2.45) is 5.92 Å². The molecule has 4 amide bonds. The number of piperidine rings is 1. The van der Waals surface area contributed by atoms with Crippen molar-refractivity contribution in [3.63, 3.8) is 0 Å². The van der Waals surface area contributed by atoms with Crippen LogP contribution in [0.3, 0.4) is 0 Å². The van der Waals surface area contributed by atoms with E-state index in [-0.39, 0.29) is 43.7 Å². The fourth-order valence-corrected chi connectivity index (χ4v) is 5.44. The molecule has 0 saturated carbocycles. The lowest BCUT2D eigenvalue weighted by Gasteiger charge is -2.29. The van der Waals surface area contributed by atoms with Gasteiger partial charge in [0.05, 0.1) is 17.5 Å². The molecule has 0 spiro atoms. The van der Waals surface area contributed by atoms with Crippen molar-refractivity contribution >= 4 is 38.1 Å². The van der Waals surface area contributed by atoms with Gasteiger partial charge in [-0.25, -0.2) is 13.2 Å². The number of rotatable bonds is 4. The van der Waals surface area contributed by atoms with Gasteiger partial charge in [0.1, 0.15) is 15.9 Å². The van der Waals surface area contributed by atoms with Crippen LogP contribution < -0.4 is 10.9 Å². The fraction of sp³-hybridized carbons (Fsp3) is 0.769. The van der Waals surface area contributed by atoms with E-state index in [1.165, 1.54) is 0 Å². The molecule has 2 atom stereocenters. The lowest BCUT2D eigenvalue weighted by molar-refractivity contribution is -0.133. The Morgan fingerprint density at radius 1 is 1.07 bits per heavy atom. The molecule has 3 aliphatic rings. The molecule has 3 saturated heterocycles. The van der Waals surface area contributed by atoms with Gasteiger partial charge in [0.15, 0.2) is 0 Å². The van der Waals surface area contributed by atoms with Crippen molar-refractivity contribution in [3.05, 3.63) is 0 Å². The number of urea groups is 1. The molecule has 3 heterocycles. The molecule has 13 nitrogen and oxygen atoms in total. The summed E-state index contributed by atoms with van der Waals surface area (Å²) < 4.78 is 57.6. The standard InChI is InChI=1S/C13H20N4O9S2/c18-11(8-3-5-27(21,22)6-4-8)14-15-12(19)10-2-1-9-7-16(10)13(20)17(9)26-28(23,24)25/h8-10H,1-7H2,(H,14,18)(H,15,19)(H,23,24,25)/t9-,10+/m0/s1. The number of fused-ring (bicyclic) bond motifs is 2. The van der Waals surface area contributed by atoms with E-state index < -0.39 is 56.1 Å². The van der Waals surface area contributed by atoms with Gasteiger partial charge in [-0.1, -0.05) is 0 Å². The lowest BCUT2D eigenvalue weighted by atomic mass is 10.0. The maximum atomic E-state index is 12.4. The highest BCUT2D eigenvalue weighted by molar-refractivity contribution is 7.91. The predicted molar refractivity (Wildman–Crippen MR) is 91.0 cm³/mol. The summed E-state index contributed by atoms with van der Waals surface area (Å²) >= 11 is 0. The number of hydroxylamine groups is 2. The molecule has 3 rings (SSSR count). The van der Waals surface area contributed by atoms with Crippen molar-refractivity contribution in [1.82, 2.24) is 20.8 Å². The van der Waals surface area contributed by atoms with E-state index >= 15 is 0 Å². The van der Waals surface area contributed by atoms with E-state index in [4.69, 9.17) is 4.55 Å². The van der Waals surface area contributed by atoms with E-state index in [9.17, 15) is 31.2 Å². The van der Waals surface area contributed by atoms with Crippen LogP contribution in [0.25, 0.3) is 0 Å². The second-order valence-electron chi connectivity index (χ2n) is 6.91. The summed E-state index contributed by atoms with van der Waals surface area (Å²) in [5, 5.41) is 0.518. The highest BCUT2D eigenvalue weighted by atomic mass is 32.3. The highest BCUT2D eigenvalue weighted by Gasteiger charge is 2.49. The zero-order chi connectivity index (χ0) is 20.7. The third kappa shape index (κ3) is 4.53. The Morgan fingerprint density at radius 2 is 1.68 bits per heavy atom. The van der Waals surface area contributed by atoms with Crippen molar-refractivity contribution in [2.75, 3.05) is 18.1 Å². The summed E-state index contributed by atoms with van der Waals surface area (Å²) in [5.74, 6) is -1.89. The van der Waals surface area contributed by atoms with Crippen LogP contribution in [-0.4, -0.2) is 79.3 Å². The zero-order valence-electron chi connectivity index (χ0n) is 14.6. The van der Waals surface area contributed by atoms with Crippen LogP contribution in [0, 0.1) is 5.92 Å². The summed E-state index contributed by atoms with van der Waals surface area (Å²) in [4.78, 5) is 37.8. The minimum atomic E-state index is -4.88. The molecule has 2 bridgehead atoms. The van der Waals surface area contributed by atoms with Crippen LogP contribution in [0.2, 0.25) is 0 Å². The number of hydrogen-bond acceptors (Lipinski definition) is 8. The summed E-state index contributed by atoms with van der Waals surface area (Å²) in [6.45, 7) is 0.0286. The molecule has 28 heavy (non-hydrogen) atoms. The molecule has 0 unspecified atom stereocenters. The normalized spacial score (nSPS) is 27.5. The average molecular weight is 440 g/mol. The van der Waals surface area contributed by atoms with Crippen LogP contribution in [-0.2, 0) is 34.1 Å². The van der Waals surface area contributed by atoms with Gasteiger partial charge >= 0.3 is 16.4 Å². The largest absolute Gasteiger partial charge is 0.418 e. The van der Waals surface area contributed by atoms with Crippen LogP contribution in [0.15, 0.2) is 0 Å². The van der Waals surface area contributed by atoms with Gasteiger partial charge in [-0.3, -0.25) is 25.0 Å². The Morgan fingerprint density at radius 3 is 2.29 bits per heavy atom. The van der Waals surface area contributed by atoms with Crippen molar-refractivity contribution in [1.29, 1.82) is 0 Å². The van der Waals surface area contributed by atoms with E-state index in [2.05, 4.69) is 15.1 Å². The molecule has 0 aromatic carbocycles. The van der Waals surface area contributed by atoms with Gasteiger partial charge in [-0.15, -0.1) is 4.28 Å². The third-order valence-electron chi connectivity index (χ3n) is 5.03. The third-order valence-corrected chi connectivity index (χ3v) is 7.10. The molecule has 158 valence electrons. The van der Waals surface area contributed by atoms with Crippen molar-refractivity contribution in [2.45, 2.75) is 37.8 Å². The monoisotopic (exact) mass is 440 g/mol. The first-order valence-electron chi connectivity index (χ1n) is 8.54. The minimum absolute atomic E-state index is 0.0286.